The number of rotatable bonds is 8. The van der Waals surface area contributed by atoms with Crippen LogP contribution >= 0.6 is 0 Å². The first kappa shape index (κ1) is 19.8. The highest BCUT2D eigenvalue weighted by Crippen LogP contribution is 2.35. The van der Waals surface area contributed by atoms with Gasteiger partial charge in [-0.25, -0.2) is 0 Å². The van der Waals surface area contributed by atoms with Gasteiger partial charge in [0.2, 0.25) is 0 Å². The van der Waals surface area contributed by atoms with Crippen LogP contribution in [-0.2, 0) is 32.8 Å². The van der Waals surface area contributed by atoms with Crippen LogP contribution in [0.15, 0.2) is 12.1 Å². The minimum Gasteiger partial charge on any atom is -0.418 e. The summed E-state index contributed by atoms with van der Waals surface area (Å²) < 4.78 is 71.6. The van der Waals surface area contributed by atoms with Gasteiger partial charge in [-0.2, -0.15) is 8.42 Å². The maximum atomic E-state index is 13.6. The summed E-state index contributed by atoms with van der Waals surface area (Å²) >= 11 is 0. The lowest BCUT2D eigenvalue weighted by Gasteiger charge is -2.21. The van der Waals surface area contributed by atoms with Crippen molar-refractivity contribution in [3.05, 3.63) is 28.8 Å². The zero-order valence-electron chi connectivity index (χ0n) is 13.3. The molecule has 0 saturated carbocycles. The minimum atomic E-state index is -5.73. The Morgan fingerprint density at radius 3 is 1.87 bits per heavy atom. The van der Waals surface area contributed by atoms with Gasteiger partial charge in [0.25, 0.3) is 0 Å². The largest absolute Gasteiger partial charge is 0.533 e. The Morgan fingerprint density at radius 1 is 1.13 bits per heavy atom. The number of methoxy groups -OCH3 is 2. The summed E-state index contributed by atoms with van der Waals surface area (Å²) in [6.45, 7) is 3.67. The molecule has 0 aliphatic heterocycles. The molecular formula is C14H20F2O6S. The molecule has 132 valence electrons. The third-order valence-corrected chi connectivity index (χ3v) is 3.74. The number of benzene rings is 1. The number of halogens is 2. The van der Waals surface area contributed by atoms with Crippen molar-refractivity contribution in [2.45, 2.75) is 38.4 Å². The monoisotopic (exact) mass is 354 g/mol. The van der Waals surface area contributed by atoms with Gasteiger partial charge < -0.3 is 14.2 Å². The van der Waals surface area contributed by atoms with Crippen molar-refractivity contribution in [1.82, 2.24) is 0 Å². The van der Waals surface area contributed by atoms with E-state index in [0.717, 1.165) is 5.56 Å². The van der Waals surface area contributed by atoms with Crippen LogP contribution in [0.5, 0.6) is 5.75 Å². The van der Waals surface area contributed by atoms with Crippen molar-refractivity contribution in [3.8, 4) is 5.75 Å². The third kappa shape index (κ3) is 4.84. The highest BCUT2D eigenvalue weighted by atomic mass is 32.2. The van der Waals surface area contributed by atoms with Crippen LogP contribution in [0.1, 0.15) is 36.5 Å². The second kappa shape index (κ2) is 7.52. The summed E-state index contributed by atoms with van der Waals surface area (Å²) in [6, 6.07) is 3.17. The molecule has 0 atom stereocenters. The fourth-order valence-electron chi connectivity index (χ4n) is 1.94. The SMILES string of the molecule is COCc1cc(C(C)C)cc(COC)c1OC(F)(F)S(=O)(=O)O. The van der Waals surface area contributed by atoms with E-state index in [4.69, 9.17) is 14.0 Å². The zero-order valence-corrected chi connectivity index (χ0v) is 14.1. The fourth-order valence-corrected chi connectivity index (χ4v) is 2.13. The van der Waals surface area contributed by atoms with Crippen molar-refractivity contribution in [2.24, 2.45) is 0 Å². The van der Waals surface area contributed by atoms with Gasteiger partial charge in [0.05, 0.1) is 13.2 Å². The molecule has 0 fully saturated rings. The summed E-state index contributed by atoms with van der Waals surface area (Å²) in [5.74, 6) is -0.293. The topological polar surface area (TPSA) is 82.1 Å². The summed E-state index contributed by atoms with van der Waals surface area (Å²) in [7, 11) is -3.00. The van der Waals surface area contributed by atoms with Crippen LogP contribution in [0.2, 0.25) is 0 Å². The first-order valence-corrected chi connectivity index (χ1v) is 8.15. The standard InChI is InChI=1S/C14H20F2O6S/c1-9(2)10-5-11(7-20-3)13(12(6-10)8-21-4)22-14(15,16)23(17,18)19/h5-6,9H,7-8H2,1-4H3,(H,17,18,19). The van der Waals surface area contributed by atoms with Crippen molar-refractivity contribution >= 4 is 10.1 Å². The molecule has 0 spiro atoms. The van der Waals surface area contributed by atoms with E-state index < -0.39 is 15.6 Å². The Morgan fingerprint density at radius 2 is 1.57 bits per heavy atom. The van der Waals surface area contributed by atoms with E-state index in [-0.39, 0.29) is 36.0 Å². The van der Waals surface area contributed by atoms with Gasteiger partial charge in [0.15, 0.2) is 0 Å². The lowest BCUT2D eigenvalue weighted by atomic mass is 9.97. The second-order valence-corrected chi connectivity index (χ2v) is 6.65. The number of alkyl halides is 2. The van der Waals surface area contributed by atoms with Gasteiger partial charge in [-0.1, -0.05) is 13.8 Å². The van der Waals surface area contributed by atoms with Crippen molar-refractivity contribution in [2.75, 3.05) is 14.2 Å². The summed E-state index contributed by atoms with van der Waals surface area (Å²) in [5.41, 5.74) is -3.49. The molecule has 0 radical (unpaired) electrons. The molecule has 0 heterocycles. The molecule has 6 nitrogen and oxygen atoms in total. The molecule has 0 saturated heterocycles. The van der Waals surface area contributed by atoms with E-state index in [0.29, 0.717) is 0 Å². The molecule has 0 bridgehead atoms. The van der Waals surface area contributed by atoms with E-state index in [1.165, 1.54) is 14.2 Å². The predicted octanol–water partition coefficient (Wildman–Crippen LogP) is 2.92. The Balaban J connectivity index is 3.47. The van der Waals surface area contributed by atoms with Crippen LogP contribution < -0.4 is 4.74 Å². The van der Waals surface area contributed by atoms with E-state index >= 15 is 0 Å². The summed E-state index contributed by atoms with van der Waals surface area (Å²) in [4.78, 5) is 0. The zero-order chi connectivity index (χ0) is 17.8. The molecule has 9 heteroatoms. The first-order valence-electron chi connectivity index (χ1n) is 6.71. The van der Waals surface area contributed by atoms with E-state index in [2.05, 4.69) is 4.74 Å². The third-order valence-electron chi connectivity index (χ3n) is 3.05. The Labute approximate surface area is 134 Å². The molecule has 23 heavy (non-hydrogen) atoms. The molecule has 1 aromatic carbocycles. The van der Waals surface area contributed by atoms with Gasteiger partial charge >= 0.3 is 15.6 Å². The van der Waals surface area contributed by atoms with Gasteiger partial charge in [-0.15, -0.1) is 8.78 Å². The highest BCUT2D eigenvalue weighted by Gasteiger charge is 2.48. The predicted molar refractivity (Wildman–Crippen MR) is 79.1 cm³/mol. The first-order chi connectivity index (χ1) is 10.5. The van der Waals surface area contributed by atoms with Crippen molar-refractivity contribution in [1.29, 1.82) is 0 Å². The van der Waals surface area contributed by atoms with E-state index in [1.807, 2.05) is 13.8 Å². The molecule has 1 rings (SSSR count). The number of hydrogen-bond donors (Lipinski definition) is 1. The maximum Gasteiger partial charge on any atom is 0.533 e. The molecule has 0 aliphatic rings. The lowest BCUT2D eigenvalue weighted by Crippen LogP contribution is -2.35. The maximum absolute atomic E-state index is 13.6. The molecule has 0 amide bonds. The number of hydrogen-bond acceptors (Lipinski definition) is 5. The summed E-state index contributed by atoms with van der Waals surface area (Å²) in [5, 5.41) is 0. The highest BCUT2D eigenvalue weighted by molar-refractivity contribution is 7.86. The van der Waals surface area contributed by atoms with Crippen LogP contribution in [0.4, 0.5) is 8.78 Å². The van der Waals surface area contributed by atoms with Crippen LogP contribution in [0.3, 0.4) is 0 Å². The Hall–Kier alpha value is -1.29. The van der Waals surface area contributed by atoms with Crippen molar-refractivity contribution < 1.29 is 36.0 Å². The average Bonchev–Trinajstić information content (AvgIpc) is 2.40. The molecule has 1 aromatic rings. The van der Waals surface area contributed by atoms with E-state index in [1.54, 1.807) is 12.1 Å². The minimum absolute atomic E-state index is 0.0752. The Bertz CT molecular complexity index is 616. The van der Waals surface area contributed by atoms with Crippen LogP contribution in [0.25, 0.3) is 0 Å². The second-order valence-electron chi connectivity index (χ2n) is 5.23. The number of ether oxygens (including phenoxy) is 3. The van der Waals surface area contributed by atoms with E-state index in [9.17, 15) is 17.2 Å². The van der Waals surface area contributed by atoms with Gasteiger partial charge in [-0.05, 0) is 23.6 Å². The van der Waals surface area contributed by atoms with Crippen LogP contribution in [-0.4, -0.2) is 32.6 Å². The van der Waals surface area contributed by atoms with Gasteiger partial charge in [0, 0.05) is 25.3 Å². The smallest absolute Gasteiger partial charge is 0.418 e. The quantitative estimate of drug-likeness (QED) is 0.723. The van der Waals surface area contributed by atoms with Crippen LogP contribution in [0, 0.1) is 0 Å². The van der Waals surface area contributed by atoms with Gasteiger partial charge in [-0.3, -0.25) is 4.55 Å². The van der Waals surface area contributed by atoms with Gasteiger partial charge in [0.1, 0.15) is 5.75 Å². The average molecular weight is 354 g/mol. The van der Waals surface area contributed by atoms with Crippen molar-refractivity contribution in [3.63, 3.8) is 0 Å². The molecule has 0 aliphatic carbocycles. The normalized spacial score (nSPS) is 12.7. The molecule has 1 N–H and O–H groups in total. The molecular weight excluding hydrogens is 334 g/mol. The molecule has 0 unspecified atom stereocenters. The Kier molecular flexibility index (Phi) is 6.46. The fraction of sp³-hybridized carbons (Fsp3) is 0.571. The summed E-state index contributed by atoms with van der Waals surface area (Å²) in [6.07, 6.45) is 0. The molecule has 0 aromatic heterocycles. The lowest BCUT2D eigenvalue weighted by molar-refractivity contribution is -0.105.